The number of carbonyl (C=O) groups is 1. The lowest BCUT2D eigenvalue weighted by atomic mass is 10.2. The van der Waals surface area contributed by atoms with Crippen LogP contribution in [0.25, 0.3) is 0 Å². The van der Waals surface area contributed by atoms with Crippen molar-refractivity contribution in [2.75, 3.05) is 18.8 Å². The van der Waals surface area contributed by atoms with Gasteiger partial charge in [-0.05, 0) is 30.2 Å². The van der Waals surface area contributed by atoms with Crippen LogP contribution in [0.5, 0.6) is 0 Å². The highest BCUT2D eigenvalue weighted by Gasteiger charge is 2.18. The van der Waals surface area contributed by atoms with Crippen molar-refractivity contribution in [3.63, 3.8) is 0 Å². The van der Waals surface area contributed by atoms with Gasteiger partial charge in [0, 0.05) is 13.1 Å². The van der Waals surface area contributed by atoms with Gasteiger partial charge in [0.05, 0.1) is 17.2 Å². The first kappa shape index (κ1) is 19.9. The molecule has 0 fully saturated rings. The highest BCUT2D eigenvalue weighted by Crippen LogP contribution is 2.15. The third-order valence-corrected chi connectivity index (χ3v) is 5.61. The zero-order valence-electron chi connectivity index (χ0n) is 14.8. The molecule has 2 rings (SSSR count). The summed E-state index contributed by atoms with van der Waals surface area (Å²) in [4.78, 5) is 13.0. The van der Waals surface area contributed by atoms with Gasteiger partial charge in [0.2, 0.25) is 0 Å². The van der Waals surface area contributed by atoms with Gasteiger partial charge in [0.1, 0.15) is 0 Å². The van der Waals surface area contributed by atoms with Gasteiger partial charge in [-0.1, -0.05) is 54.6 Å². The van der Waals surface area contributed by atoms with E-state index in [0.717, 1.165) is 11.1 Å². The molecular weight excluding hydrogens is 350 g/mol. The largest absolute Gasteiger partial charge is 0.480 e. The number of sulfone groups is 1. The van der Waals surface area contributed by atoms with E-state index < -0.39 is 15.8 Å². The van der Waals surface area contributed by atoms with Crippen molar-refractivity contribution in [2.24, 2.45) is 0 Å². The quantitative estimate of drug-likeness (QED) is 0.684. The Balaban J connectivity index is 2.06. The zero-order valence-corrected chi connectivity index (χ0v) is 15.6. The summed E-state index contributed by atoms with van der Waals surface area (Å²) in [7, 11) is -3.50. The van der Waals surface area contributed by atoms with Crippen LogP contribution in [0.3, 0.4) is 0 Å². The number of aryl methyl sites for hydroxylation is 1. The van der Waals surface area contributed by atoms with Gasteiger partial charge in [-0.3, -0.25) is 9.69 Å². The second-order valence-corrected chi connectivity index (χ2v) is 8.34. The minimum absolute atomic E-state index is 0.182. The summed E-state index contributed by atoms with van der Waals surface area (Å²) in [5, 5.41) is 9.12. The van der Waals surface area contributed by atoms with E-state index in [1.165, 1.54) is 0 Å². The summed E-state index contributed by atoms with van der Waals surface area (Å²) in [6.07, 6.45) is 0. The molecule has 0 aliphatic rings. The van der Waals surface area contributed by atoms with E-state index >= 15 is 0 Å². The number of nitrogens with zero attached hydrogens (tertiary/aromatic N) is 1. The van der Waals surface area contributed by atoms with E-state index in [9.17, 15) is 13.2 Å². The molecule has 0 atom stereocenters. The van der Waals surface area contributed by atoms with Crippen LogP contribution < -0.4 is 0 Å². The summed E-state index contributed by atoms with van der Waals surface area (Å²) in [6.45, 7) is 6.18. The first-order valence-electron chi connectivity index (χ1n) is 8.20. The molecule has 0 heterocycles. The average Bonchev–Trinajstić information content (AvgIpc) is 2.54. The number of rotatable bonds is 9. The van der Waals surface area contributed by atoms with E-state index in [1.54, 1.807) is 29.2 Å². The third-order valence-electron chi connectivity index (χ3n) is 3.83. The van der Waals surface area contributed by atoms with Crippen LogP contribution >= 0.6 is 0 Å². The molecule has 0 aromatic heterocycles. The maximum absolute atomic E-state index is 12.5. The number of carboxylic acids is 1. The molecule has 0 amide bonds. The fourth-order valence-corrected chi connectivity index (χ4v) is 4.01. The minimum atomic E-state index is -3.50. The molecule has 0 radical (unpaired) electrons. The molecule has 2 aromatic rings. The lowest BCUT2D eigenvalue weighted by Gasteiger charge is -2.21. The maximum atomic E-state index is 12.5. The van der Waals surface area contributed by atoms with Crippen LogP contribution in [0.2, 0.25) is 0 Å². The average molecular weight is 373 g/mol. The number of benzene rings is 2. The second kappa shape index (κ2) is 8.78. The summed E-state index contributed by atoms with van der Waals surface area (Å²) < 4.78 is 25.0. The fraction of sp³-hybridized carbons (Fsp3) is 0.250. The van der Waals surface area contributed by atoms with E-state index in [4.69, 9.17) is 5.11 Å². The molecule has 26 heavy (non-hydrogen) atoms. The number of hydrogen-bond acceptors (Lipinski definition) is 4. The molecule has 2 aromatic carbocycles. The predicted octanol–water partition coefficient (Wildman–Crippen LogP) is 2.91. The first-order chi connectivity index (χ1) is 12.3. The second-order valence-electron chi connectivity index (χ2n) is 6.35. The molecule has 0 saturated heterocycles. The molecule has 0 aliphatic heterocycles. The Bertz CT molecular complexity index is 858. The summed E-state index contributed by atoms with van der Waals surface area (Å²) in [5.41, 5.74) is 2.41. The van der Waals surface area contributed by atoms with Crippen LogP contribution in [-0.4, -0.2) is 43.2 Å². The summed E-state index contributed by atoms with van der Waals surface area (Å²) in [6, 6.07) is 16.1. The van der Waals surface area contributed by atoms with Crippen LogP contribution in [0, 0.1) is 6.92 Å². The molecular formula is C20H23NO4S. The van der Waals surface area contributed by atoms with Crippen molar-refractivity contribution >= 4 is 15.8 Å². The Kier molecular flexibility index (Phi) is 6.71. The molecule has 138 valence electrons. The molecule has 1 N–H and O–H groups in total. The van der Waals surface area contributed by atoms with Crippen LogP contribution in [-0.2, 0) is 21.2 Å². The van der Waals surface area contributed by atoms with E-state index in [2.05, 4.69) is 6.58 Å². The Morgan fingerprint density at radius 3 is 2.23 bits per heavy atom. The van der Waals surface area contributed by atoms with Crippen LogP contribution in [0.1, 0.15) is 11.1 Å². The van der Waals surface area contributed by atoms with Gasteiger partial charge in [-0.15, -0.1) is 0 Å². The Hall–Kier alpha value is -2.44. The standard InChI is InChI=1S/C20H23NO4S/c1-16-8-10-19(11-9-16)26(24,25)15-17(2)12-21(14-20(22)23)13-18-6-4-3-5-7-18/h3-11H,2,12-15H2,1H3,(H,22,23). The number of aliphatic carboxylic acids is 1. The van der Waals surface area contributed by atoms with Crippen molar-refractivity contribution in [3.8, 4) is 0 Å². The Labute approximate surface area is 154 Å². The molecule has 6 heteroatoms. The molecule has 0 aliphatic carbocycles. The van der Waals surface area contributed by atoms with E-state index in [-0.39, 0.29) is 23.7 Å². The predicted molar refractivity (Wildman–Crippen MR) is 102 cm³/mol. The minimum Gasteiger partial charge on any atom is -0.480 e. The molecule has 0 spiro atoms. The third kappa shape index (κ3) is 6.13. The smallest absolute Gasteiger partial charge is 0.317 e. The van der Waals surface area contributed by atoms with E-state index in [1.807, 2.05) is 37.3 Å². The van der Waals surface area contributed by atoms with Gasteiger partial charge < -0.3 is 5.11 Å². The summed E-state index contributed by atoms with van der Waals surface area (Å²) in [5.74, 6) is -1.17. The SMILES string of the molecule is C=C(CN(CC(=O)O)Cc1ccccc1)CS(=O)(=O)c1ccc(C)cc1. The fourth-order valence-electron chi connectivity index (χ4n) is 2.66. The maximum Gasteiger partial charge on any atom is 0.317 e. The van der Waals surface area contributed by atoms with Crippen molar-refractivity contribution in [1.29, 1.82) is 0 Å². The van der Waals surface area contributed by atoms with Crippen molar-refractivity contribution in [2.45, 2.75) is 18.4 Å². The lowest BCUT2D eigenvalue weighted by molar-refractivity contribution is -0.138. The number of hydrogen-bond donors (Lipinski definition) is 1. The van der Waals surface area contributed by atoms with Crippen LogP contribution in [0.15, 0.2) is 71.6 Å². The molecule has 0 bridgehead atoms. The first-order valence-corrected chi connectivity index (χ1v) is 9.85. The normalized spacial score (nSPS) is 11.5. The van der Waals surface area contributed by atoms with Gasteiger partial charge >= 0.3 is 5.97 Å². The topological polar surface area (TPSA) is 74.7 Å². The van der Waals surface area contributed by atoms with Crippen molar-refractivity contribution in [3.05, 3.63) is 77.9 Å². The molecule has 5 nitrogen and oxygen atoms in total. The molecule has 0 saturated carbocycles. The Morgan fingerprint density at radius 2 is 1.65 bits per heavy atom. The Morgan fingerprint density at radius 1 is 1.04 bits per heavy atom. The van der Waals surface area contributed by atoms with Crippen molar-refractivity contribution < 1.29 is 18.3 Å². The van der Waals surface area contributed by atoms with Gasteiger partial charge in [0.15, 0.2) is 9.84 Å². The summed E-state index contributed by atoms with van der Waals surface area (Å²) >= 11 is 0. The van der Waals surface area contributed by atoms with E-state index in [0.29, 0.717) is 12.1 Å². The molecule has 0 unspecified atom stereocenters. The van der Waals surface area contributed by atoms with Gasteiger partial charge in [0.25, 0.3) is 0 Å². The number of carboxylic acid groups (broad SMARTS) is 1. The highest BCUT2D eigenvalue weighted by molar-refractivity contribution is 7.91. The van der Waals surface area contributed by atoms with Gasteiger partial charge in [-0.2, -0.15) is 0 Å². The van der Waals surface area contributed by atoms with Gasteiger partial charge in [-0.25, -0.2) is 8.42 Å². The lowest BCUT2D eigenvalue weighted by Crippen LogP contribution is -2.32. The highest BCUT2D eigenvalue weighted by atomic mass is 32.2. The monoisotopic (exact) mass is 373 g/mol. The van der Waals surface area contributed by atoms with Crippen molar-refractivity contribution in [1.82, 2.24) is 4.90 Å². The van der Waals surface area contributed by atoms with Crippen LogP contribution in [0.4, 0.5) is 0 Å². The zero-order chi connectivity index (χ0) is 19.2.